The highest BCUT2D eigenvalue weighted by molar-refractivity contribution is 6.38. The maximum atomic E-state index is 13.9. The Labute approximate surface area is 241 Å². The van der Waals surface area contributed by atoms with Crippen molar-refractivity contribution in [1.29, 1.82) is 0 Å². The van der Waals surface area contributed by atoms with E-state index in [0.717, 1.165) is 18.4 Å². The van der Waals surface area contributed by atoms with Crippen molar-refractivity contribution in [3.63, 3.8) is 0 Å². The van der Waals surface area contributed by atoms with Crippen LogP contribution in [0.2, 0.25) is 0 Å². The van der Waals surface area contributed by atoms with Gasteiger partial charge in [-0.05, 0) is 41.1 Å². The Morgan fingerprint density at radius 1 is 1.00 bits per heavy atom. The van der Waals surface area contributed by atoms with Crippen LogP contribution < -0.4 is 16.0 Å². The smallest absolute Gasteiger partial charge is 0.289 e. The lowest BCUT2D eigenvalue weighted by Gasteiger charge is -2.35. The molecule has 0 spiro atoms. The van der Waals surface area contributed by atoms with Crippen molar-refractivity contribution in [3.8, 4) is 0 Å². The first-order valence-electron chi connectivity index (χ1n) is 14.6. The molecule has 9 heteroatoms. The van der Waals surface area contributed by atoms with E-state index in [1.165, 1.54) is 0 Å². The molecule has 1 saturated heterocycles. The summed E-state index contributed by atoms with van der Waals surface area (Å²) in [4.78, 5) is 67.7. The van der Waals surface area contributed by atoms with E-state index >= 15 is 0 Å². The topological polar surface area (TPSA) is 125 Å². The summed E-state index contributed by atoms with van der Waals surface area (Å²) in [5.41, 5.74) is 0.758. The van der Waals surface area contributed by atoms with Gasteiger partial charge in [-0.1, -0.05) is 84.7 Å². The minimum absolute atomic E-state index is 0. The SMILES string of the molecule is CC(C)C(=O)N[C@H](C(=O)N1CC2[C@@H]([C@H]1C(=O)NC(CC1CC1)C(=O)C(=O)NCc1ccccc1)C2(C)C)C(C)C.[HH].[HH].[HH]. The number of hydrogen-bond donors (Lipinski definition) is 3. The van der Waals surface area contributed by atoms with Crippen LogP contribution in [-0.4, -0.2) is 59.0 Å². The van der Waals surface area contributed by atoms with E-state index < -0.39 is 35.7 Å². The predicted molar refractivity (Wildman–Crippen MR) is 157 cm³/mol. The Kier molecular flexibility index (Phi) is 8.71. The number of benzene rings is 1. The zero-order valence-electron chi connectivity index (χ0n) is 24.5. The van der Waals surface area contributed by atoms with Crippen LogP contribution >= 0.6 is 0 Å². The fraction of sp³-hybridized carbons (Fsp3) is 0.645. The molecule has 9 nitrogen and oxygen atoms in total. The molecule has 1 aromatic carbocycles. The van der Waals surface area contributed by atoms with Crippen molar-refractivity contribution in [2.75, 3.05) is 6.54 Å². The quantitative estimate of drug-likeness (QED) is 0.340. The number of nitrogens with zero attached hydrogens (tertiary/aromatic N) is 1. The summed E-state index contributed by atoms with van der Waals surface area (Å²) in [5.74, 6) is -2.33. The fourth-order valence-electron chi connectivity index (χ4n) is 6.02. The molecule has 40 heavy (non-hydrogen) atoms. The molecule has 5 atom stereocenters. The van der Waals surface area contributed by atoms with Gasteiger partial charge in [-0.15, -0.1) is 0 Å². The third-order valence-electron chi connectivity index (χ3n) is 8.93. The van der Waals surface area contributed by atoms with Crippen LogP contribution in [0.15, 0.2) is 30.3 Å². The number of carbonyl (C=O) groups is 5. The zero-order chi connectivity index (χ0) is 29.4. The van der Waals surface area contributed by atoms with Gasteiger partial charge < -0.3 is 20.9 Å². The number of fused-ring (bicyclic) bond motifs is 1. The van der Waals surface area contributed by atoms with Gasteiger partial charge in [-0.3, -0.25) is 24.0 Å². The van der Waals surface area contributed by atoms with Gasteiger partial charge in [0.1, 0.15) is 12.1 Å². The molecule has 3 N–H and O–H groups in total. The van der Waals surface area contributed by atoms with Crippen LogP contribution in [0, 0.1) is 35.0 Å². The highest BCUT2D eigenvalue weighted by Crippen LogP contribution is 2.65. The van der Waals surface area contributed by atoms with Crippen LogP contribution in [0.3, 0.4) is 0 Å². The van der Waals surface area contributed by atoms with Crippen LogP contribution in [0.1, 0.15) is 70.6 Å². The first-order valence-corrected chi connectivity index (χ1v) is 14.6. The Morgan fingerprint density at radius 2 is 1.65 bits per heavy atom. The van der Waals surface area contributed by atoms with Crippen LogP contribution in [0.25, 0.3) is 0 Å². The van der Waals surface area contributed by atoms with Crippen molar-refractivity contribution >= 4 is 29.4 Å². The van der Waals surface area contributed by atoms with Crippen molar-refractivity contribution in [1.82, 2.24) is 20.9 Å². The van der Waals surface area contributed by atoms with E-state index in [2.05, 4.69) is 29.8 Å². The van der Waals surface area contributed by atoms with Crippen LogP contribution in [-0.2, 0) is 30.5 Å². The molecule has 224 valence electrons. The summed E-state index contributed by atoms with van der Waals surface area (Å²) >= 11 is 0. The number of hydrogen-bond acceptors (Lipinski definition) is 5. The van der Waals surface area contributed by atoms with E-state index in [-0.39, 0.29) is 51.7 Å². The first kappa shape index (κ1) is 29.7. The molecule has 2 saturated carbocycles. The monoisotopic (exact) mass is 558 g/mol. The van der Waals surface area contributed by atoms with E-state index in [1.807, 2.05) is 44.2 Å². The zero-order valence-corrected chi connectivity index (χ0v) is 24.5. The molecule has 0 bridgehead atoms. The highest BCUT2D eigenvalue weighted by Gasteiger charge is 2.69. The van der Waals surface area contributed by atoms with E-state index in [9.17, 15) is 24.0 Å². The Hall–Kier alpha value is -3.23. The number of ketones is 1. The minimum Gasteiger partial charge on any atom is -0.345 e. The molecule has 3 fully saturated rings. The summed E-state index contributed by atoms with van der Waals surface area (Å²) in [5, 5.41) is 8.44. The third kappa shape index (κ3) is 6.39. The predicted octanol–water partition coefficient (Wildman–Crippen LogP) is 3.17. The Morgan fingerprint density at radius 3 is 2.23 bits per heavy atom. The fourth-order valence-corrected chi connectivity index (χ4v) is 6.02. The van der Waals surface area contributed by atoms with E-state index in [1.54, 1.807) is 18.7 Å². The standard InChI is InChI=1S/C31H44N4O5.3H2/c1-17(2)24(34-27(37)18(3)4)30(40)35-16-21-23(31(21,5)6)25(35)28(38)33-22(14-19-12-13-19)26(36)29(39)32-15-20-10-8-7-9-11-20;;;/h7-11,17-19,21-25H,12-16H2,1-6H3,(H,32,39)(H,33,38)(H,34,37);3*1H/t21?,22?,23-,24-,25-;;;/m0.../s1. The molecule has 1 aliphatic heterocycles. The average Bonchev–Trinajstić information content (AvgIpc) is 3.76. The first-order chi connectivity index (χ1) is 18.8. The number of piperidine rings is 1. The second-order valence-electron chi connectivity index (χ2n) is 13.0. The van der Waals surface area contributed by atoms with E-state index in [0.29, 0.717) is 18.9 Å². The normalized spacial score (nSPS) is 24.2. The second kappa shape index (κ2) is 11.7. The van der Waals surface area contributed by atoms with Gasteiger partial charge in [-0.2, -0.15) is 0 Å². The molecule has 2 aliphatic carbocycles. The van der Waals surface area contributed by atoms with Gasteiger partial charge in [0, 0.05) is 23.3 Å². The lowest BCUT2D eigenvalue weighted by Crippen LogP contribution is -2.59. The molecule has 1 heterocycles. The molecular formula is C31H50N4O5. The summed E-state index contributed by atoms with van der Waals surface area (Å²) < 4.78 is 0. The van der Waals surface area contributed by atoms with Crippen LogP contribution in [0.4, 0.5) is 0 Å². The number of rotatable bonds is 12. The minimum atomic E-state index is -0.949. The van der Waals surface area contributed by atoms with Crippen LogP contribution in [0.5, 0.6) is 0 Å². The maximum absolute atomic E-state index is 13.9. The molecule has 0 radical (unpaired) electrons. The Bertz CT molecular complexity index is 1160. The van der Waals surface area contributed by atoms with E-state index in [4.69, 9.17) is 0 Å². The van der Waals surface area contributed by atoms with Crippen molar-refractivity contribution in [3.05, 3.63) is 35.9 Å². The molecule has 4 amide bonds. The average molecular weight is 559 g/mol. The van der Waals surface area contributed by atoms with Gasteiger partial charge in [0.25, 0.3) is 5.91 Å². The number of carbonyl (C=O) groups excluding carboxylic acids is 5. The summed E-state index contributed by atoms with van der Waals surface area (Å²) in [7, 11) is 0. The van der Waals surface area contributed by atoms with Crippen molar-refractivity contribution in [2.24, 2.45) is 35.0 Å². The number of amides is 4. The maximum Gasteiger partial charge on any atom is 0.289 e. The van der Waals surface area contributed by atoms with Gasteiger partial charge in [-0.25, -0.2) is 0 Å². The molecule has 4 rings (SSSR count). The molecule has 1 aromatic rings. The molecule has 3 aliphatic rings. The largest absolute Gasteiger partial charge is 0.345 e. The third-order valence-corrected chi connectivity index (χ3v) is 8.93. The molecular weight excluding hydrogens is 508 g/mol. The number of likely N-dealkylation sites (tertiary alicyclic amines) is 1. The molecule has 0 aromatic heterocycles. The lowest BCUT2D eigenvalue weighted by molar-refractivity contribution is -0.145. The number of nitrogens with one attached hydrogen (secondary N) is 3. The van der Waals surface area contributed by atoms with Gasteiger partial charge in [0.15, 0.2) is 0 Å². The lowest BCUT2D eigenvalue weighted by atomic mass is 9.96. The number of Topliss-reactive ketones (excluding diaryl/α,β-unsaturated/α-hetero) is 1. The van der Waals surface area contributed by atoms with Crippen molar-refractivity contribution < 1.29 is 28.3 Å². The van der Waals surface area contributed by atoms with Gasteiger partial charge in [0.05, 0.1) is 6.04 Å². The summed E-state index contributed by atoms with van der Waals surface area (Å²) in [6, 6.07) is 6.86. The molecule has 2 unspecified atom stereocenters. The van der Waals surface area contributed by atoms with Crippen molar-refractivity contribution in [2.45, 2.75) is 85.5 Å². The second-order valence-corrected chi connectivity index (χ2v) is 13.0. The highest BCUT2D eigenvalue weighted by atomic mass is 16.2. The van der Waals surface area contributed by atoms with Gasteiger partial charge >= 0.3 is 0 Å². The Balaban J connectivity index is 0.00000308. The van der Waals surface area contributed by atoms with Gasteiger partial charge in [0.2, 0.25) is 23.5 Å². The summed E-state index contributed by atoms with van der Waals surface area (Å²) in [6.45, 7) is 12.1. The summed E-state index contributed by atoms with van der Waals surface area (Å²) in [6.07, 6.45) is 2.33.